The largest absolute Gasteiger partial charge is 2.00 e. The first-order chi connectivity index (χ1) is 12.9. The first-order valence-electron chi connectivity index (χ1n) is 10.1. The monoisotopic (exact) mass is 421 g/mol. The van der Waals surface area contributed by atoms with E-state index < -0.39 is 0 Å². The molecule has 0 heterocycles. The van der Waals surface area contributed by atoms with Gasteiger partial charge in [-0.05, 0) is 27.7 Å². The van der Waals surface area contributed by atoms with Gasteiger partial charge in [0, 0.05) is 37.7 Å². The van der Waals surface area contributed by atoms with Crippen LogP contribution in [0.5, 0.6) is 11.5 Å². The summed E-state index contributed by atoms with van der Waals surface area (Å²) in [5.74, 6) is 1.41. The van der Waals surface area contributed by atoms with Gasteiger partial charge in [0.2, 0.25) is 0 Å². The third-order valence-electron chi connectivity index (χ3n) is 4.10. The maximum Gasteiger partial charge on any atom is 2.00 e. The van der Waals surface area contributed by atoms with E-state index in [4.69, 9.17) is 4.74 Å². The van der Waals surface area contributed by atoms with Crippen LogP contribution in [0.25, 0.3) is 0 Å². The Balaban J connectivity index is 0. The Kier molecular flexibility index (Phi) is 15.7. The number of nitrogens with zero attached hydrogens (tertiary/aromatic N) is 2. The van der Waals surface area contributed by atoms with Crippen LogP contribution in [0.4, 0.5) is 11.4 Å². The molecule has 2 rings (SSSR count). The second-order valence-electron chi connectivity index (χ2n) is 6.33. The van der Waals surface area contributed by atoms with Crippen LogP contribution in [0, 0.1) is 12.1 Å². The van der Waals surface area contributed by atoms with Gasteiger partial charge in [-0.3, -0.25) is 0 Å². The van der Waals surface area contributed by atoms with E-state index >= 15 is 0 Å². The molecule has 0 N–H and O–H groups in total. The van der Waals surface area contributed by atoms with Crippen LogP contribution in [0.3, 0.4) is 0 Å². The van der Waals surface area contributed by atoms with E-state index in [-0.39, 0.29) is 18.6 Å². The van der Waals surface area contributed by atoms with Gasteiger partial charge in [-0.25, -0.2) is 0 Å². The molecule has 0 saturated carbocycles. The maximum atomic E-state index is 5.96. The molecule has 0 spiro atoms. The molecule has 0 bridgehead atoms. The summed E-state index contributed by atoms with van der Waals surface area (Å²) in [7, 11) is 4.16. The van der Waals surface area contributed by atoms with E-state index in [0.717, 1.165) is 11.4 Å². The second kappa shape index (κ2) is 15.4. The molecule has 2 aromatic rings. The number of benzene rings is 2. The third kappa shape index (κ3) is 9.08. The SMILES string of the molecule is CC.CC.CC(C)N(C)c1cc[c-]c(Oc2[c-]ccc(N(C)C(C)C)c2)c1.[V+2]. The van der Waals surface area contributed by atoms with Crippen molar-refractivity contribution in [3.8, 4) is 11.5 Å². The van der Waals surface area contributed by atoms with Gasteiger partial charge in [0.1, 0.15) is 0 Å². The van der Waals surface area contributed by atoms with Gasteiger partial charge in [-0.1, -0.05) is 39.1 Å². The minimum atomic E-state index is 0. The predicted octanol–water partition coefficient (Wildman–Crippen LogP) is 6.82. The molecule has 4 heteroatoms. The average molecular weight is 422 g/mol. The van der Waals surface area contributed by atoms with Gasteiger partial charge in [0.25, 0.3) is 0 Å². The van der Waals surface area contributed by atoms with Crippen molar-refractivity contribution in [2.45, 2.75) is 67.5 Å². The molecule has 28 heavy (non-hydrogen) atoms. The van der Waals surface area contributed by atoms with Crippen LogP contribution in [-0.4, -0.2) is 26.2 Å². The zero-order chi connectivity index (χ0) is 21.0. The topological polar surface area (TPSA) is 15.7 Å². The van der Waals surface area contributed by atoms with Crippen molar-refractivity contribution in [1.29, 1.82) is 0 Å². The van der Waals surface area contributed by atoms with E-state index in [1.165, 1.54) is 0 Å². The van der Waals surface area contributed by atoms with Crippen LogP contribution < -0.4 is 14.5 Å². The molecule has 0 aliphatic carbocycles. The fourth-order valence-electron chi connectivity index (χ4n) is 2.14. The van der Waals surface area contributed by atoms with Gasteiger partial charge < -0.3 is 14.5 Å². The Labute approximate surface area is 186 Å². The van der Waals surface area contributed by atoms with Crippen LogP contribution in [-0.2, 0) is 18.6 Å². The Bertz CT molecular complexity index is 589. The van der Waals surface area contributed by atoms with E-state index in [1.54, 1.807) is 0 Å². The number of anilines is 2. The summed E-state index contributed by atoms with van der Waals surface area (Å²) >= 11 is 0. The molecule has 3 nitrogen and oxygen atoms in total. The predicted molar refractivity (Wildman–Crippen MR) is 120 cm³/mol. The maximum absolute atomic E-state index is 5.96. The van der Waals surface area contributed by atoms with E-state index in [2.05, 4.69) is 63.7 Å². The molecular formula is C24H38N2OV. The molecule has 0 aliphatic rings. The molecule has 0 unspecified atom stereocenters. The minimum Gasteiger partial charge on any atom is -0.509 e. The molecule has 0 fully saturated rings. The normalized spacial score (nSPS) is 9.43. The quantitative estimate of drug-likeness (QED) is 0.476. The smallest absolute Gasteiger partial charge is 0.509 e. The molecular weight excluding hydrogens is 383 g/mol. The molecule has 0 amide bonds. The molecule has 2 aromatic carbocycles. The molecule has 0 atom stereocenters. The Morgan fingerprint density at radius 3 is 1.32 bits per heavy atom. The molecule has 0 saturated heterocycles. The Morgan fingerprint density at radius 2 is 1.04 bits per heavy atom. The zero-order valence-corrected chi connectivity index (χ0v) is 20.8. The molecule has 0 aromatic heterocycles. The van der Waals surface area contributed by atoms with Crippen molar-refractivity contribution in [2.75, 3.05) is 23.9 Å². The van der Waals surface area contributed by atoms with Gasteiger partial charge in [0.05, 0.1) is 0 Å². The number of hydrogen-bond donors (Lipinski definition) is 0. The summed E-state index contributed by atoms with van der Waals surface area (Å²) in [4.78, 5) is 4.40. The number of hydrogen-bond acceptors (Lipinski definition) is 3. The molecule has 155 valence electrons. The van der Waals surface area contributed by atoms with Crippen molar-refractivity contribution in [3.05, 3.63) is 48.5 Å². The van der Waals surface area contributed by atoms with Crippen molar-refractivity contribution in [1.82, 2.24) is 0 Å². The van der Waals surface area contributed by atoms with Gasteiger partial charge in [-0.15, -0.1) is 36.4 Å². The van der Waals surface area contributed by atoms with E-state index in [1.807, 2.05) is 64.1 Å². The van der Waals surface area contributed by atoms with E-state index in [9.17, 15) is 0 Å². The summed E-state index contributed by atoms with van der Waals surface area (Å²) in [6, 6.07) is 19.0. The average Bonchev–Trinajstić information content (AvgIpc) is 2.70. The van der Waals surface area contributed by atoms with Crippen molar-refractivity contribution < 1.29 is 23.3 Å². The molecule has 0 aliphatic heterocycles. The third-order valence-corrected chi connectivity index (χ3v) is 4.10. The first-order valence-corrected chi connectivity index (χ1v) is 10.1. The minimum absolute atomic E-state index is 0. The van der Waals surface area contributed by atoms with Gasteiger partial charge in [0.15, 0.2) is 0 Å². The van der Waals surface area contributed by atoms with Crippen LogP contribution >= 0.6 is 0 Å². The first kappa shape index (κ1) is 28.6. The van der Waals surface area contributed by atoms with Crippen molar-refractivity contribution in [3.63, 3.8) is 0 Å². The van der Waals surface area contributed by atoms with Gasteiger partial charge in [-0.2, -0.15) is 12.1 Å². The van der Waals surface area contributed by atoms with Crippen LogP contribution in [0.1, 0.15) is 55.4 Å². The van der Waals surface area contributed by atoms with Crippen molar-refractivity contribution in [2.24, 2.45) is 0 Å². The Morgan fingerprint density at radius 1 is 0.714 bits per heavy atom. The molecule has 1 radical (unpaired) electrons. The van der Waals surface area contributed by atoms with Crippen LogP contribution in [0.2, 0.25) is 0 Å². The standard InChI is InChI=1S/C20H26N2O.2C2H6.V/c1-15(2)21(5)17-9-7-11-19(13-17)23-20-12-8-10-18(14-20)22(6)16(3)4;2*1-2;/h7-10,13-16H,1-6H3;2*1-2H3;/q-2;;;+2. The number of rotatable bonds is 6. The zero-order valence-electron chi connectivity index (χ0n) is 19.4. The summed E-state index contributed by atoms with van der Waals surface area (Å²) in [5.41, 5.74) is 2.23. The summed E-state index contributed by atoms with van der Waals surface area (Å²) in [6.45, 7) is 16.7. The van der Waals surface area contributed by atoms with Gasteiger partial charge >= 0.3 is 18.6 Å². The van der Waals surface area contributed by atoms with Crippen LogP contribution in [0.15, 0.2) is 36.4 Å². The van der Waals surface area contributed by atoms with Crippen molar-refractivity contribution >= 4 is 11.4 Å². The number of ether oxygens (including phenoxy) is 1. The van der Waals surface area contributed by atoms with E-state index in [0.29, 0.717) is 23.6 Å². The summed E-state index contributed by atoms with van der Waals surface area (Å²) < 4.78 is 5.96. The Hall–Kier alpha value is -1.58. The fraction of sp³-hybridized carbons (Fsp3) is 0.500. The summed E-state index contributed by atoms with van der Waals surface area (Å²) in [5, 5.41) is 0. The second-order valence-corrected chi connectivity index (χ2v) is 6.33. The summed E-state index contributed by atoms with van der Waals surface area (Å²) in [6.07, 6.45) is 0. The fourth-order valence-corrected chi connectivity index (χ4v) is 2.14.